The molecule has 54 heavy (non-hydrogen) atoms. The zero-order valence-electron chi connectivity index (χ0n) is 31.7. The lowest BCUT2D eigenvalue weighted by Crippen LogP contribution is -2.47. The van der Waals surface area contributed by atoms with Gasteiger partial charge in [0.05, 0.1) is 12.6 Å². The van der Waals surface area contributed by atoms with E-state index in [1.165, 1.54) is 11.1 Å². The molecule has 0 saturated carbocycles. The second-order valence-electron chi connectivity index (χ2n) is 15.1. The van der Waals surface area contributed by atoms with Crippen LogP contribution < -0.4 is 16.0 Å². The molecule has 1 aromatic heterocycles. The Kier molecular flexibility index (Phi) is 12.4. The molecule has 0 bridgehead atoms. The molecule has 10 heteroatoms. The molecule has 5 aromatic rings. The first-order chi connectivity index (χ1) is 26.0. The molecule has 1 heterocycles. The Morgan fingerprint density at radius 1 is 0.926 bits per heavy atom. The highest BCUT2D eigenvalue weighted by atomic mass is 16.6. The van der Waals surface area contributed by atoms with Crippen molar-refractivity contribution < 1.29 is 19.1 Å². The number of aromatic amines is 1. The number of benzene rings is 4. The molecule has 0 radical (unpaired) electrons. The van der Waals surface area contributed by atoms with Gasteiger partial charge in [0, 0.05) is 30.5 Å². The third-order valence-electron chi connectivity index (χ3n) is 9.84. The molecular weight excluding hydrogens is 677 g/mol. The molecule has 0 fully saturated rings. The number of aromatic nitrogens is 2. The molecule has 2 unspecified atom stereocenters. The molecule has 282 valence electrons. The summed E-state index contributed by atoms with van der Waals surface area (Å²) in [6.07, 6.45) is 7.38. The van der Waals surface area contributed by atoms with Crippen LogP contribution in [-0.4, -0.2) is 51.0 Å². The number of ether oxygens (including phenoxy) is 1. The summed E-state index contributed by atoms with van der Waals surface area (Å²) in [5, 5.41) is 12.1. The van der Waals surface area contributed by atoms with Crippen molar-refractivity contribution in [3.05, 3.63) is 137 Å². The van der Waals surface area contributed by atoms with Gasteiger partial charge in [-0.2, -0.15) is 0 Å². The molecule has 0 aliphatic heterocycles. The van der Waals surface area contributed by atoms with Gasteiger partial charge in [0.1, 0.15) is 17.5 Å². The van der Waals surface area contributed by atoms with Gasteiger partial charge in [-0.25, -0.2) is 9.78 Å². The fourth-order valence-corrected chi connectivity index (χ4v) is 7.14. The summed E-state index contributed by atoms with van der Waals surface area (Å²) in [6, 6.07) is 29.2. The summed E-state index contributed by atoms with van der Waals surface area (Å²) in [4.78, 5) is 49.6. The quantitative estimate of drug-likeness (QED) is 0.0861. The number of carbonyl (C=O) groups is 3. The van der Waals surface area contributed by atoms with Crippen LogP contribution in [0.25, 0.3) is 10.8 Å². The van der Waals surface area contributed by atoms with Crippen LogP contribution in [0.5, 0.6) is 0 Å². The number of imidazole rings is 1. The molecule has 4 aromatic carbocycles. The fraction of sp³-hybridized carbons (Fsp3) is 0.364. The minimum absolute atomic E-state index is 0.227. The summed E-state index contributed by atoms with van der Waals surface area (Å²) in [7, 11) is 0. The van der Waals surface area contributed by atoms with Gasteiger partial charge in [-0.05, 0) is 112 Å². The first kappa shape index (κ1) is 38.3. The van der Waals surface area contributed by atoms with E-state index in [2.05, 4.69) is 68.4 Å². The number of hydrogen-bond acceptors (Lipinski definition) is 6. The summed E-state index contributed by atoms with van der Waals surface area (Å²) < 4.78 is 5.65. The average Bonchev–Trinajstić information content (AvgIpc) is 3.68. The summed E-state index contributed by atoms with van der Waals surface area (Å²) in [5.41, 5.74) is 4.35. The van der Waals surface area contributed by atoms with Gasteiger partial charge >= 0.3 is 6.09 Å². The largest absolute Gasteiger partial charge is 0.444 e. The monoisotopic (exact) mass is 728 g/mol. The van der Waals surface area contributed by atoms with Crippen LogP contribution in [0.15, 0.2) is 103 Å². The summed E-state index contributed by atoms with van der Waals surface area (Å²) in [5.74, 6) is 0.0670. The maximum absolute atomic E-state index is 14.0. The lowest BCUT2D eigenvalue weighted by atomic mass is 9.87. The Labute approximate surface area is 318 Å². The van der Waals surface area contributed by atoms with Crippen molar-refractivity contribution in [3.8, 4) is 0 Å². The standard InChI is InChI=1S/C44H52N6O4/c1-30(35-18-9-14-32-12-5-7-16-36(32)35)48-42(52)39(20-11-25-45-38-19-10-15-33-13-6-8-17-37(33)38)49-41(51)34-23-21-31(22-24-34)28-50(29-40-46-26-27-47-40)43(53)54-44(2,3)4/h5-9,12-14,16-18,21-24,26-27,30,38-39,45H,10-11,15,19-20,25,28-29H2,1-4H3,(H,46,47)(H,48,52)(H,49,51)/t30?,38?,39-/m0/s1. The maximum atomic E-state index is 14.0. The minimum Gasteiger partial charge on any atom is -0.444 e. The number of fused-ring (bicyclic) bond motifs is 2. The van der Waals surface area contributed by atoms with E-state index in [1.54, 1.807) is 29.4 Å². The van der Waals surface area contributed by atoms with Gasteiger partial charge in [0.2, 0.25) is 5.91 Å². The zero-order valence-corrected chi connectivity index (χ0v) is 31.7. The third kappa shape index (κ3) is 10.1. The number of carbonyl (C=O) groups excluding carboxylic acids is 3. The average molecular weight is 729 g/mol. The number of rotatable bonds is 14. The number of aryl methyl sites for hydroxylation is 1. The van der Waals surface area contributed by atoms with Crippen LogP contribution in [0.1, 0.15) is 104 Å². The molecule has 1 aliphatic rings. The van der Waals surface area contributed by atoms with E-state index in [4.69, 9.17) is 4.74 Å². The van der Waals surface area contributed by atoms with Gasteiger partial charge in [0.25, 0.3) is 5.91 Å². The Morgan fingerprint density at radius 3 is 2.46 bits per heavy atom. The normalized spacial score (nSPS) is 15.1. The van der Waals surface area contributed by atoms with Gasteiger partial charge in [-0.3, -0.25) is 14.5 Å². The SMILES string of the molecule is CC(NC(=O)[C@H](CCCNC1CCCc2ccccc21)NC(=O)c1ccc(CN(Cc2ncc[nH]2)C(=O)OC(C)(C)C)cc1)c1cccc2ccccc12. The van der Waals surface area contributed by atoms with Gasteiger partial charge < -0.3 is 25.7 Å². The zero-order chi connectivity index (χ0) is 38.1. The fourth-order valence-electron chi connectivity index (χ4n) is 7.14. The minimum atomic E-state index is -0.744. The van der Waals surface area contributed by atoms with Crippen molar-refractivity contribution in [2.24, 2.45) is 0 Å². The molecule has 3 atom stereocenters. The van der Waals surface area contributed by atoms with E-state index in [1.807, 2.05) is 64.1 Å². The molecule has 1 aliphatic carbocycles. The molecular formula is C44H52N6O4. The van der Waals surface area contributed by atoms with Crippen molar-refractivity contribution in [3.63, 3.8) is 0 Å². The number of amides is 3. The first-order valence-corrected chi connectivity index (χ1v) is 19.0. The highest BCUT2D eigenvalue weighted by molar-refractivity contribution is 5.97. The molecule has 0 spiro atoms. The Balaban J connectivity index is 1.13. The van der Waals surface area contributed by atoms with Gasteiger partial charge in [-0.15, -0.1) is 0 Å². The number of nitrogens with zero attached hydrogens (tertiary/aromatic N) is 2. The van der Waals surface area contributed by atoms with Crippen molar-refractivity contribution in [1.29, 1.82) is 0 Å². The lowest BCUT2D eigenvalue weighted by molar-refractivity contribution is -0.123. The van der Waals surface area contributed by atoms with Crippen LogP contribution in [0.4, 0.5) is 4.79 Å². The van der Waals surface area contributed by atoms with Crippen LogP contribution in [-0.2, 0) is 29.0 Å². The lowest BCUT2D eigenvalue weighted by Gasteiger charge is -2.27. The molecule has 6 rings (SSSR count). The van der Waals surface area contributed by atoms with E-state index in [9.17, 15) is 14.4 Å². The van der Waals surface area contributed by atoms with E-state index < -0.39 is 17.7 Å². The Morgan fingerprint density at radius 2 is 1.69 bits per heavy atom. The highest BCUT2D eigenvalue weighted by Gasteiger charge is 2.26. The summed E-state index contributed by atoms with van der Waals surface area (Å²) >= 11 is 0. The number of nitrogens with one attached hydrogen (secondary N) is 4. The van der Waals surface area contributed by atoms with Gasteiger partial charge in [0.15, 0.2) is 0 Å². The van der Waals surface area contributed by atoms with Crippen LogP contribution in [0.3, 0.4) is 0 Å². The van der Waals surface area contributed by atoms with E-state index in [0.717, 1.165) is 47.7 Å². The van der Waals surface area contributed by atoms with E-state index in [0.29, 0.717) is 24.2 Å². The van der Waals surface area contributed by atoms with Crippen molar-refractivity contribution in [2.45, 2.75) is 96.6 Å². The predicted molar refractivity (Wildman–Crippen MR) is 212 cm³/mol. The molecule has 0 saturated heterocycles. The topological polar surface area (TPSA) is 128 Å². The molecule has 3 amide bonds. The number of hydrogen-bond donors (Lipinski definition) is 4. The Bertz CT molecular complexity index is 2020. The third-order valence-corrected chi connectivity index (χ3v) is 9.84. The van der Waals surface area contributed by atoms with E-state index in [-0.39, 0.29) is 37.0 Å². The van der Waals surface area contributed by atoms with Crippen molar-refractivity contribution in [1.82, 2.24) is 30.8 Å². The molecule has 10 nitrogen and oxygen atoms in total. The summed E-state index contributed by atoms with van der Waals surface area (Å²) in [6.45, 7) is 8.67. The molecule has 4 N–H and O–H groups in total. The smallest absolute Gasteiger partial charge is 0.410 e. The van der Waals surface area contributed by atoms with Crippen LogP contribution in [0.2, 0.25) is 0 Å². The van der Waals surface area contributed by atoms with Gasteiger partial charge in [-0.1, -0.05) is 78.9 Å². The highest BCUT2D eigenvalue weighted by Crippen LogP contribution is 2.29. The predicted octanol–water partition coefficient (Wildman–Crippen LogP) is 7.92. The maximum Gasteiger partial charge on any atom is 0.410 e. The Hall–Kier alpha value is -5.48. The van der Waals surface area contributed by atoms with E-state index >= 15 is 0 Å². The van der Waals surface area contributed by atoms with Crippen LogP contribution in [0, 0.1) is 0 Å². The second-order valence-corrected chi connectivity index (χ2v) is 15.1. The first-order valence-electron chi connectivity index (χ1n) is 19.0. The second kappa shape index (κ2) is 17.6. The van der Waals surface area contributed by atoms with Crippen molar-refractivity contribution in [2.75, 3.05) is 6.54 Å². The van der Waals surface area contributed by atoms with Crippen molar-refractivity contribution >= 4 is 28.7 Å². The van der Waals surface area contributed by atoms with Crippen LogP contribution >= 0.6 is 0 Å². The number of H-pyrrole nitrogens is 1.